The molecule has 2 unspecified atom stereocenters. The standard InChI is InChI=1S/C17H26N2O/c1-19(12-14-5-3-4-10-18-14)17-9-7-13-6-8-15(20-2)11-16(13)17/h6,8,11,14,17-18H,3-5,7,9-10,12H2,1-2H3. The van der Waals surface area contributed by atoms with Gasteiger partial charge in [0.25, 0.3) is 0 Å². The summed E-state index contributed by atoms with van der Waals surface area (Å²) in [6.45, 7) is 2.34. The second-order valence-corrected chi connectivity index (χ2v) is 6.21. The third kappa shape index (κ3) is 2.84. The molecule has 1 aromatic carbocycles. The van der Waals surface area contributed by atoms with Crippen LogP contribution >= 0.6 is 0 Å². The predicted octanol–water partition coefficient (Wildman–Crippen LogP) is 2.76. The van der Waals surface area contributed by atoms with Gasteiger partial charge in [-0.3, -0.25) is 4.90 Å². The van der Waals surface area contributed by atoms with E-state index in [1.54, 1.807) is 7.11 Å². The number of likely N-dealkylation sites (N-methyl/N-ethyl adjacent to an activating group) is 1. The van der Waals surface area contributed by atoms with Gasteiger partial charge in [0.05, 0.1) is 7.11 Å². The number of methoxy groups -OCH3 is 1. The molecule has 0 amide bonds. The van der Waals surface area contributed by atoms with Crippen LogP contribution in [0.3, 0.4) is 0 Å². The fourth-order valence-corrected chi connectivity index (χ4v) is 3.70. The van der Waals surface area contributed by atoms with Crippen LogP contribution < -0.4 is 10.1 Å². The van der Waals surface area contributed by atoms with E-state index in [4.69, 9.17) is 4.74 Å². The lowest BCUT2D eigenvalue weighted by atomic mass is 10.0. The second-order valence-electron chi connectivity index (χ2n) is 6.21. The first-order valence-corrected chi connectivity index (χ1v) is 7.88. The largest absolute Gasteiger partial charge is 0.497 e. The number of benzene rings is 1. The number of aryl methyl sites for hydroxylation is 1. The summed E-state index contributed by atoms with van der Waals surface area (Å²) in [4.78, 5) is 2.54. The highest BCUT2D eigenvalue weighted by atomic mass is 16.5. The second kappa shape index (κ2) is 6.15. The minimum atomic E-state index is 0.559. The Morgan fingerprint density at radius 1 is 1.30 bits per heavy atom. The van der Waals surface area contributed by atoms with Crippen LogP contribution in [0.25, 0.3) is 0 Å². The summed E-state index contributed by atoms with van der Waals surface area (Å²) in [7, 11) is 4.02. The lowest BCUT2D eigenvalue weighted by molar-refractivity contribution is 0.203. The zero-order chi connectivity index (χ0) is 13.9. The van der Waals surface area contributed by atoms with Crippen molar-refractivity contribution in [2.45, 2.75) is 44.2 Å². The number of hydrogen-bond acceptors (Lipinski definition) is 3. The van der Waals surface area contributed by atoms with Crippen molar-refractivity contribution in [3.8, 4) is 5.75 Å². The van der Waals surface area contributed by atoms with Gasteiger partial charge in [0, 0.05) is 18.6 Å². The maximum atomic E-state index is 5.39. The Bertz CT molecular complexity index is 454. The summed E-state index contributed by atoms with van der Waals surface area (Å²) in [5.41, 5.74) is 2.97. The Labute approximate surface area is 122 Å². The first-order chi connectivity index (χ1) is 9.78. The Morgan fingerprint density at radius 3 is 2.95 bits per heavy atom. The van der Waals surface area contributed by atoms with Crippen LogP contribution in [-0.4, -0.2) is 38.2 Å². The topological polar surface area (TPSA) is 24.5 Å². The molecule has 1 aliphatic carbocycles. The van der Waals surface area contributed by atoms with Crippen molar-refractivity contribution >= 4 is 0 Å². The molecule has 110 valence electrons. The van der Waals surface area contributed by atoms with E-state index in [2.05, 4.69) is 35.5 Å². The van der Waals surface area contributed by atoms with Crippen molar-refractivity contribution in [2.24, 2.45) is 0 Å². The van der Waals surface area contributed by atoms with Crippen molar-refractivity contribution in [2.75, 3.05) is 27.2 Å². The number of nitrogens with zero attached hydrogens (tertiary/aromatic N) is 1. The number of ether oxygens (including phenoxy) is 1. The van der Waals surface area contributed by atoms with E-state index in [9.17, 15) is 0 Å². The molecule has 0 bridgehead atoms. The van der Waals surface area contributed by atoms with Crippen molar-refractivity contribution in [3.63, 3.8) is 0 Å². The van der Waals surface area contributed by atoms with E-state index < -0.39 is 0 Å². The average Bonchev–Trinajstić information content (AvgIpc) is 2.91. The van der Waals surface area contributed by atoms with Crippen molar-refractivity contribution < 1.29 is 4.74 Å². The molecule has 2 atom stereocenters. The average molecular weight is 274 g/mol. The minimum Gasteiger partial charge on any atom is -0.497 e. The van der Waals surface area contributed by atoms with Gasteiger partial charge in [0.15, 0.2) is 0 Å². The molecule has 3 heteroatoms. The van der Waals surface area contributed by atoms with E-state index in [1.807, 2.05) is 0 Å². The summed E-state index contributed by atoms with van der Waals surface area (Å²) >= 11 is 0. The van der Waals surface area contributed by atoms with Crippen LogP contribution in [0.15, 0.2) is 18.2 Å². The number of piperidine rings is 1. The SMILES string of the molecule is COc1ccc2c(c1)C(N(C)CC1CCCCN1)CC2. The number of rotatable bonds is 4. The molecule has 1 fully saturated rings. The summed E-state index contributed by atoms with van der Waals surface area (Å²) in [5, 5.41) is 3.65. The van der Waals surface area contributed by atoms with Gasteiger partial charge in [0.2, 0.25) is 0 Å². The smallest absolute Gasteiger partial charge is 0.119 e. The highest BCUT2D eigenvalue weighted by Crippen LogP contribution is 2.37. The minimum absolute atomic E-state index is 0.559. The number of nitrogens with one attached hydrogen (secondary N) is 1. The molecule has 20 heavy (non-hydrogen) atoms. The molecule has 0 saturated carbocycles. The zero-order valence-corrected chi connectivity index (χ0v) is 12.7. The molecule has 1 saturated heterocycles. The molecular weight excluding hydrogens is 248 g/mol. The molecule has 0 aromatic heterocycles. The van der Waals surface area contributed by atoms with E-state index in [-0.39, 0.29) is 0 Å². The maximum Gasteiger partial charge on any atom is 0.119 e. The first-order valence-electron chi connectivity index (χ1n) is 7.88. The van der Waals surface area contributed by atoms with Crippen molar-refractivity contribution in [1.82, 2.24) is 10.2 Å². The van der Waals surface area contributed by atoms with Gasteiger partial charge in [-0.2, -0.15) is 0 Å². The number of hydrogen-bond donors (Lipinski definition) is 1. The fraction of sp³-hybridized carbons (Fsp3) is 0.647. The van der Waals surface area contributed by atoms with Gasteiger partial charge in [-0.05, 0) is 62.5 Å². The molecular formula is C17H26N2O. The molecule has 0 radical (unpaired) electrons. The van der Waals surface area contributed by atoms with Crippen LogP contribution in [0.1, 0.15) is 42.9 Å². The fourth-order valence-electron chi connectivity index (χ4n) is 3.70. The lowest BCUT2D eigenvalue weighted by Gasteiger charge is -2.32. The third-order valence-corrected chi connectivity index (χ3v) is 4.85. The Morgan fingerprint density at radius 2 is 2.20 bits per heavy atom. The van der Waals surface area contributed by atoms with Crippen LogP contribution in [0.5, 0.6) is 5.75 Å². The van der Waals surface area contributed by atoms with E-state index in [0.717, 1.165) is 12.3 Å². The molecule has 1 aliphatic heterocycles. The quantitative estimate of drug-likeness (QED) is 0.913. The van der Waals surface area contributed by atoms with Gasteiger partial charge in [-0.25, -0.2) is 0 Å². The molecule has 3 nitrogen and oxygen atoms in total. The monoisotopic (exact) mass is 274 g/mol. The summed E-state index contributed by atoms with van der Waals surface area (Å²) in [5.74, 6) is 0.986. The van der Waals surface area contributed by atoms with E-state index in [0.29, 0.717) is 12.1 Å². The van der Waals surface area contributed by atoms with E-state index in [1.165, 1.54) is 49.8 Å². The first kappa shape index (κ1) is 13.9. The van der Waals surface area contributed by atoms with Gasteiger partial charge in [-0.1, -0.05) is 12.5 Å². The Balaban J connectivity index is 1.69. The van der Waals surface area contributed by atoms with Crippen LogP contribution in [-0.2, 0) is 6.42 Å². The van der Waals surface area contributed by atoms with Crippen molar-refractivity contribution in [3.05, 3.63) is 29.3 Å². The normalized spacial score (nSPS) is 25.8. The van der Waals surface area contributed by atoms with Crippen LogP contribution in [0, 0.1) is 0 Å². The van der Waals surface area contributed by atoms with Crippen LogP contribution in [0.2, 0.25) is 0 Å². The molecule has 3 rings (SSSR count). The van der Waals surface area contributed by atoms with Gasteiger partial charge in [-0.15, -0.1) is 0 Å². The summed E-state index contributed by atoms with van der Waals surface area (Å²) in [6.07, 6.45) is 6.48. The summed E-state index contributed by atoms with van der Waals surface area (Å²) in [6, 6.07) is 7.79. The molecule has 1 aromatic rings. The summed E-state index contributed by atoms with van der Waals surface area (Å²) < 4.78 is 5.39. The third-order valence-electron chi connectivity index (χ3n) is 4.85. The maximum absolute atomic E-state index is 5.39. The number of fused-ring (bicyclic) bond motifs is 1. The molecule has 0 spiro atoms. The predicted molar refractivity (Wildman–Crippen MR) is 82.3 cm³/mol. The zero-order valence-electron chi connectivity index (χ0n) is 12.7. The van der Waals surface area contributed by atoms with E-state index >= 15 is 0 Å². The molecule has 1 heterocycles. The van der Waals surface area contributed by atoms with Crippen molar-refractivity contribution in [1.29, 1.82) is 0 Å². The Hall–Kier alpha value is -1.06. The lowest BCUT2D eigenvalue weighted by Crippen LogP contribution is -2.43. The highest BCUT2D eigenvalue weighted by molar-refractivity contribution is 5.40. The molecule has 2 aliphatic rings. The molecule has 1 N–H and O–H groups in total. The Kier molecular flexibility index (Phi) is 4.27. The van der Waals surface area contributed by atoms with Gasteiger partial charge < -0.3 is 10.1 Å². The van der Waals surface area contributed by atoms with Gasteiger partial charge >= 0.3 is 0 Å². The van der Waals surface area contributed by atoms with Crippen LogP contribution in [0.4, 0.5) is 0 Å². The highest BCUT2D eigenvalue weighted by Gasteiger charge is 2.28. The van der Waals surface area contributed by atoms with Gasteiger partial charge in [0.1, 0.15) is 5.75 Å².